The van der Waals surface area contributed by atoms with Gasteiger partial charge in [0.1, 0.15) is 12.4 Å². The number of carbonyl (C=O) groups is 1. The highest BCUT2D eigenvalue weighted by molar-refractivity contribution is 7.97. The molecule has 1 amide bonds. The lowest BCUT2D eigenvalue weighted by Gasteiger charge is -2.35. The molecule has 1 aromatic carbocycles. The van der Waals surface area contributed by atoms with E-state index in [4.69, 9.17) is 4.98 Å². The summed E-state index contributed by atoms with van der Waals surface area (Å²) in [6, 6.07) is 8.09. The van der Waals surface area contributed by atoms with Crippen LogP contribution < -0.4 is 0 Å². The fraction of sp³-hybridized carbons (Fsp3) is 0.579. The van der Waals surface area contributed by atoms with Crippen molar-refractivity contribution in [2.45, 2.75) is 26.1 Å². The Morgan fingerprint density at radius 1 is 1.20 bits per heavy atom. The lowest BCUT2D eigenvalue weighted by atomic mass is 10.2. The highest BCUT2D eigenvalue weighted by atomic mass is 32.2. The highest BCUT2D eigenvalue weighted by Crippen LogP contribution is 2.19. The van der Waals surface area contributed by atoms with Crippen molar-refractivity contribution in [3.8, 4) is 0 Å². The Bertz CT molecular complexity index is 719. The SMILES string of the molecule is CSCc1nc2ccccc2n1CC(=O)N1CCN(CC(C)C)CC1. The average Bonchev–Trinajstić information content (AvgIpc) is 2.93. The predicted molar refractivity (Wildman–Crippen MR) is 105 cm³/mol. The van der Waals surface area contributed by atoms with Crippen LogP contribution in [0.25, 0.3) is 11.0 Å². The van der Waals surface area contributed by atoms with Gasteiger partial charge in [-0.15, -0.1) is 0 Å². The largest absolute Gasteiger partial charge is 0.339 e. The normalized spacial score (nSPS) is 16.1. The number of carbonyl (C=O) groups excluding carboxylic acids is 1. The van der Waals surface area contributed by atoms with E-state index >= 15 is 0 Å². The first kappa shape index (κ1) is 18.3. The van der Waals surface area contributed by atoms with Crippen molar-refractivity contribution in [2.24, 2.45) is 5.92 Å². The molecule has 0 saturated carbocycles. The quantitative estimate of drug-likeness (QED) is 0.794. The first-order chi connectivity index (χ1) is 12.1. The zero-order valence-corrected chi connectivity index (χ0v) is 16.3. The minimum absolute atomic E-state index is 0.203. The van der Waals surface area contributed by atoms with Gasteiger partial charge in [-0.05, 0) is 24.3 Å². The van der Waals surface area contributed by atoms with Crippen molar-refractivity contribution in [1.82, 2.24) is 19.4 Å². The summed E-state index contributed by atoms with van der Waals surface area (Å²) < 4.78 is 2.09. The molecule has 3 rings (SSSR count). The number of piperazine rings is 1. The Morgan fingerprint density at radius 2 is 1.92 bits per heavy atom. The molecule has 25 heavy (non-hydrogen) atoms. The Balaban J connectivity index is 1.69. The molecular weight excluding hydrogens is 332 g/mol. The van der Waals surface area contributed by atoms with Crippen LogP contribution in [0.3, 0.4) is 0 Å². The van der Waals surface area contributed by atoms with Crippen LogP contribution in [-0.2, 0) is 17.1 Å². The molecule has 1 aliphatic rings. The van der Waals surface area contributed by atoms with Gasteiger partial charge in [-0.25, -0.2) is 4.98 Å². The molecule has 0 atom stereocenters. The van der Waals surface area contributed by atoms with Crippen LogP contribution >= 0.6 is 11.8 Å². The Hall–Kier alpha value is -1.53. The molecule has 6 heteroatoms. The Labute approximate surface area is 154 Å². The molecule has 1 aromatic heterocycles. The fourth-order valence-corrected chi connectivity index (χ4v) is 3.95. The topological polar surface area (TPSA) is 41.4 Å². The summed E-state index contributed by atoms with van der Waals surface area (Å²) in [5.74, 6) is 2.69. The maximum absolute atomic E-state index is 12.8. The molecule has 0 unspecified atom stereocenters. The molecule has 2 heterocycles. The van der Waals surface area contributed by atoms with Crippen LogP contribution in [0.4, 0.5) is 0 Å². The number of imidazole rings is 1. The molecule has 5 nitrogen and oxygen atoms in total. The van der Waals surface area contributed by atoms with Crippen LogP contribution in [0.15, 0.2) is 24.3 Å². The second-order valence-corrected chi connectivity index (χ2v) is 7.98. The van der Waals surface area contributed by atoms with Gasteiger partial charge in [0.05, 0.1) is 16.8 Å². The molecular formula is C19H28N4OS. The number of hydrogen-bond donors (Lipinski definition) is 0. The summed E-state index contributed by atoms with van der Waals surface area (Å²) in [6.07, 6.45) is 2.07. The minimum atomic E-state index is 0.203. The molecule has 136 valence electrons. The second kappa shape index (κ2) is 8.23. The van der Waals surface area contributed by atoms with Crippen molar-refractivity contribution in [1.29, 1.82) is 0 Å². The molecule has 1 aliphatic heterocycles. The van der Waals surface area contributed by atoms with E-state index in [9.17, 15) is 4.79 Å². The van der Waals surface area contributed by atoms with Crippen LogP contribution in [-0.4, -0.2) is 64.2 Å². The lowest BCUT2D eigenvalue weighted by Crippen LogP contribution is -2.50. The van der Waals surface area contributed by atoms with Gasteiger partial charge in [0.15, 0.2) is 0 Å². The van der Waals surface area contributed by atoms with Gasteiger partial charge in [0, 0.05) is 32.7 Å². The predicted octanol–water partition coefficient (Wildman–Crippen LogP) is 2.70. The van der Waals surface area contributed by atoms with E-state index in [1.165, 1.54) is 0 Å². The lowest BCUT2D eigenvalue weighted by molar-refractivity contribution is -0.133. The summed E-state index contributed by atoms with van der Waals surface area (Å²) in [5.41, 5.74) is 2.03. The number of benzene rings is 1. The Morgan fingerprint density at radius 3 is 2.60 bits per heavy atom. The maximum Gasteiger partial charge on any atom is 0.242 e. The number of amides is 1. The van der Waals surface area contributed by atoms with Crippen LogP contribution in [0, 0.1) is 5.92 Å². The van der Waals surface area contributed by atoms with E-state index in [0.29, 0.717) is 12.5 Å². The molecule has 0 aliphatic carbocycles. The number of aromatic nitrogens is 2. The Kier molecular flexibility index (Phi) is 6.02. The molecule has 0 spiro atoms. The van der Waals surface area contributed by atoms with Crippen molar-refractivity contribution in [3.05, 3.63) is 30.1 Å². The number of nitrogens with zero attached hydrogens (tertiary/aromatic N) is 4. The minimum Gasteiger partial charge on any atom is -0.339 e. The summed E-state index contributed by atoms with van der Waals surface area (Å²) in [6.45, 7) is 9.61. The third-order valence-electron chi connectivity index (χ3n) is 4.65. The van der Waals surface area contributed by atoms with Gasteiger partial charge < -0.3 is 9.47 Å². The van der Waals surface area contributed by atoms with Gasteiger partial charge in [-0.1, -0.05) is 26.0 Å². The summed E-state index contributed by atoms with van der Waals surface area (Å²) in [4.78, 5) is 22.0. The summed E-state index contributed by atoms with van der Waals surface area (Å²) in [7, 11) is 0. The number of rotatable bonds is 6. The summed E-state index contributed by atoms with van der Waals surface area (Å²) in [5, 5.41) is 0. The molecule has 0 radical (unpaired) electrons. The fourth-order valence-electron chi connectivity index (χ4n) is 3.47. The molecule has 0 N–H and O–H groups in total. The van der Waals surface area contributed by atoms with Gasteiger partial charge in [-0.3, -0.25) is 9.69 Å². The van der Waals surface area contributed by atoms with Gasteiger partial charge >= 0.3 is 0 Å². The average molecular weight is 361 g/mol. The van der Waals surface area contributed by atoms with Gasteiger partial charge in [0.25, 0.3) is 0 Å². The molecule has 1 saturated heterocycles. The number of para-hydroxylation sites is 2. The van der Waals surface area contributed by atoms with Crippen molar-refractivity contribution in [2.75, 3.05) is 39.0 Å². The van der Waals surface area contributed by atoms with Crippen molar-refractivity contribution in [3.63, 3.8) is 0 Å². The number of fused-ring (bicyclic) bond motifs is 1. The van der Waals surface area contributed by atoms with E-state index in [1.807, 2.05) is 23.1 Å². The van der Waals surface area contributed by atoms with Crippen molar-refractivity contribution >= 4 is 28.7 Å². The van der Waals surface area contributed by atoms with Crippen LogP contribution in [0.5, 0.6) is 0 Å². The van der Waals surface area contributed by atoms with Crippen LogP contribution in [0.1, 0.15) is 19.7 Å². The zero-order chi connectivity index (χ0) is 17.8. The number of thioether (sulfide) groups is 1. The van der Waals surface area contributed by atoms with E-state index in [-0.39, 0.29) is 5.91 Å². The van der Waals surface area contributed by atoms with E-state index in [0.717, 1.165) is 55.3 Å². The first-order valence-electron chi connectivity index (χ1n) is 9.01. The highest BCUT2D eigenvalue weighted by Gasteiger charge is 2.23. The van der Waals surface area contributed by atoms with E-state index < -0.39 is 0 Å². The summed E-state index contributed by atoms with van der Waals surface area (Å²) >= 11 is 1.74. The molecule has 0 bridgehead atoms. The van der Waals surface area contributed by atoms with E-state index in [2.05, 4.69) is 35.6 Å². The van der Waals surface area contributed by atoms with E-state index in [1.54, 1.807) is 11.8 Å². The molecule has 2 aromatic rings. The zero-order valence-electron chi connectivity index (χ0n) is 15.4. The standard InChI is InChI=1S/C19H28N4OS/c1-15(2)12-21-8-10-22(11-9-21)19(24)13-23-17-7-5-4-6-16(17)20-18(23)14-25-3/h4-7,15H,8-14H2,1-3H3. The van der Waals surface area contributed by atoms with Gasteiger partial charge in [0.2, 0.25) is 5.91 Å². The smallest absolute Gasteiger partial charge is 0.242 e. The van der Waals surface area contributed by atoms with Crippen molar-refractivity contribution < 1.29 is 4.79 Å². The monoisotopic (exact) mass is 360 g/mol. The maximum atomic E-state index is 12.8. The van der Waals surface area contributed by atoms with Crippen LogP contribution in [0.2, 0.25) is 0 Å². The number of hydrogen-bond acceptors (Lipinski definition) is 4. The molecule has 1 fully saturated rings. The van der Waals surface area contributed by atoms with Gasteiger partial charge in [-0.2, -0.15) is 11.8 Å². The first-order valence-corrected chi connectivity index (χ1v) is 10.4. The second-order valence-electron chi connectivity index (χ2n) is 7.11. The third kappa shape index (κ3) is 4.36. The third-order valence-corrected chi connectivity index (χ3v) is 5.20.